The topological polar surface area (TPSA) is 94.0 Å². The van der Waals surface area contributed by atoms with Gasteiger partial charge in [0.25, 0.3) is 0 Å². The quantitative estimate of drug-likeness (QED) is 0.390. The van der Waals surface area contributed by atoms with Crippen molar-refractivity contribution in [1.82, 2.24) is 14.9 Å². The molecule has 0 aromatic heterocycles. The third-order valence-electron chi connectivity index (χ3n) is 4.28. The van der Waals surface area contributed by atoms with Crippen LogP contribution in [0.1, 0.15) is 38.7 Å². The molecule has 0 radical (unpaired) electrons. The number of hydrogen-bond acceptors (Lipinski definition) is 4. The molecule has 3 N–H and O–H groups in total. The molecule has 0 aliphatic carbocycles. The molecule has 8 heteroatoms. The Kier molecular flexibility index (Phi) is 10.4. The summed E-state index contributed by atoms with van der Waals surface area (Å²) in [6, 6.07) is 6.93. The first kappa shape index (κ1) is 23.4. The zero-order valence-corrected chi connectivity index (χ0v) is 17.7. The first-order valence-corrected chi connectivity index (χ1v) is 10.9. The van der Waals surface area contributed by atoms with Crippen LogP contribution in [-0.2, 0) is 16.6 Å². The molecule has 0 saturated heterocycles. The molecule has 27 heavy (non-hydrogen) atoms. The maximum Gasteiger partial charge on any atom is 0.242 e. The molecule has 0 amide bonds. The van der Waals surface area contributed by atoms with Gasteiger partial charge in [-0.15, -0.1) is 0 Å². The van der Waals surface area contributed by atoms with E-state index in [4.69, 9.17) is 0 Å². The lowest BCUT2D eigenvalue weighted by Gasteiger charge is -2.18. The van der Waals surface area contributed by atoms with E-state index in [2.05, 4.69) is 22.5 Å². The first-order chi connectivity index (χ1) is 12.9. The van der Waals surface area contributed by atoms with Crippen LogP contribution in [0.25, 0.3) is 0 Å². The van der Waals surface area contributed by atoms with Gasteiger partial charge in [-0.25, -0.2) is 17.7 Å². The number of guanidine groups is 1. The Balaban J connectivity index is 2.93. The number of hydrogen-bond donors (Lipinski definition) is 3. The van der Waals surface area contributed by atoms with E-state index in [1.807, 2.05) is 13.0 Å². The minimum absolute atomic E-state index is 0.176. The molecule has 1 unspecified atom stereocenters. The number of sulfonamides is 1. The maximum atomic E-state index is 12.5. The molecular weight excluding hydrogens is 364 g/mol. The van der Waals surface area contributed by atoms with E-state index < -0.39 is 10.0 Å². The summed E-state index contributed by atoms with van der Waals surface area (Å²) in [5.74, 6) is 1.03. The number of aliphatic imine (C=N–C) groups is 1. The zero-order valence-electron chi connectivity index (χ0n) is 16.9. The molecule has 0 aliphatic rings. The molecule has 7 nitrogen and oxygen atoms in total. The highest BCUT2D eigenvalue weighted by atomic mass is 32.2. The standard InChI is InChI=1S/C19H34N4O3S/c1-5-9-16(12-13-24)14-21-19(20-6-2)22-15-17-10-7-8-11-18(17)27(25,26)23(3)4/h7-8,10-11,16,24H,5-6,9,12-15H2,1-4H3,(H2,20,21,22). The SMILES string of the molecule is CCCC(CCO)CNC(=NCc1ccccc1S(=O)(=O)N(C)C)NCC. The molecule has 1 rings (SSSR count). The molecule has 1 aromatic carbocycles. The summed E-state index contributed by atoms with van der Waals surface area (Å²) in [5, 5.41) is 15.7. The molecule has 0 aliphatic heterocycles. The summed E-state index contributed by atoms with van der Waals surface area (Å²) < 4.78 is 26.2. The van der Waals surface area contributed by atoms with E-state index in [1.54, 1.807) is 18.2 Å². The number of benzene rings is 1. The van der Waals surface area contributed by atoms with Crippen molar-refractivity contribution in [2.45, 2.75) is 44.6 Å². The average Bonchev–Trinajstić information content (AvgIpc) is 2.64. The van der Waals surface area contributed by atoms with E-state index in [-0.39, 0.29) is 18.0 Å². The van der Waals surface area contributed by atoms with E-state index in [9.17, 15) is 13.5 Å². The molecule has 1 atom stereocenters. The Hall–Kier alpha value is -1.64. The van der Waals surface area contributed by atoms with Crippen molar-refractivity contribution in [3.8, 4) is 0 Å². The van der Waals surface area contributed by atoms with Crippen molar-refractivity contribution in [3.05, 3.63) is 29.8 Å². The largest absolute Gasteiger partial charge is 0.396 e. The van der Waals surface area contributed by atoms with E-state index >= 15 is 0 Å². The second-order valence-electron chi connectivity index (χ2n) is 6.64. The number of rotatable bonds is 11. The molecule has 154 valence electrons. The highest BCUT2D eigenvalue weighted by Crippen LogP contribution is 2.19. The highest BCUT2D eigenvalue weighted by Gasteiger charge is 2.20. The third kappa shape index (κ3) is 7.48. The van der Waals surface area contributed by atoms with Crippen molar-refractivity contribution in [2.75, 3.05) is 33.8 Å². The van der Waals surface area contributed by atoms with Crippen LogP contribution in [-0.4, -0.2) is 57.6 Å². The molecule has 0 fully saturated rings. The van der Waals surface area contributed by atoms with Gasteiger partial charge in [0.15, 0.2) is 5.96 Å². The lowest BCUT2D eigenvalue weighted by atomic mass is 10.0. The zero-order chi connectivity index (χ0) is 20.3. The smallest absolute Gasteiger partial charge is 0.242 e. The Morgan fingerprint density at radius 1 is 1.19 bits per heavy atom. The van der Waals surface area contributed by atoms with Gasteiger partial charge in [0.05, 0.1) is 11.4 Å². The van der Waals surface area contributed by atoms with Gasteiger partial charge in [0, 0.05) is 33.8 Å². The first-order valence-electron chi connectivity index (χ1n) is 9.50. The summed E-state index contributed by atoms with van der Waals surface area (Å²) in [4.78, 5) is 4.83. The van der Waals surface area contributed by atoms with Crippen LogP contribution in [0.15, 0.2) is 34.2 Å². The fraction of sp³-hybridized carbons (Fsp3) is 0.632. The van der Waals surface area contributed by atoms with Crippen molar-refractivity contribution in [2.24, 2.45) is 10.9 Å². The fourth-order valence-corrected chi connectivity index (χ4v) is 3.88. The van der Waals surface area contributed by atoms with Crippen molar-refractivity contribution < 1.29 is 13.5 Å². The number of nitrogens with one attached hydrogen (secondary N) is 2. The van der Waals surface area contributed by atoms with Crippen molar-refractivity contribution in [3.63, 3.8) is 0 Å². The third-order valence-corrected chi connectivity index (χ3v) is 6.19. The Morgan fingerprint density at radius 3 is 2.48 bits per heavy atom. The molecule has 1 aromatic rings. The number of aliphatic hydroxyl groups excluding tert-OH is 1. The lowest BCUT2D eigenvalue weighted by molar-refractivity contribution is 0.251. The number of nitrogens with zero attached hydrogens (tertiary/aromatic N) is 2. The summed E-state index contributed by atoms with van der Waals surface area (Å²) in [6.45, 7) is 5.98. The van der Waals surface area contributed by atoms with Crippen LogP contribution < -0.4 is 10.6 Å². The van der Waals surface area contributed by atoms with Crippen LogP contribution in [0.2, 0.25) is 0 Å². The summed E-state index contributed by atoms with van der Waals surface area (Å²) in [7, 11) is -0.465. The van der Waals surface area contributed by atoms with E-state index in [0.717, 1.165) is 25.8 Å². The van der Waals surface area contributed by atoms with Crippen LogP contribution in [0.4, 0.5) is 0 Å². The van der Waals surface area contributed by atoms with E-state index in [0.29, 0.717) is 24.0 Å². The summed E-state index contributed by atoms with van der Waals surface area (Å²) in [5.41, 5.74) is 0.656. The predicted octanol–water partition coefficient (Wildman–Crippen LogP) is 1.79. The minimum atomic E-state index is -3.51. The van der Waals surface area contributed by atoms with Crippen molar-refractivity contribution >= 4 is 16.0 Å². The van der Waals surface area contributed by atoms with Gasteiger partial charge in [0.2, 0.25) is 10.0 Å². The molecular formula is C19H34N4O3S. The van der Waals surface area contributed by atoms with Gasteiger partial charge in [-0.05, 0) is 37.3 Å². The summed E-state index contributed by atoms with van der Waals surface area (Å²) >= 11 is 0. The predicted molar refractivity (Wildman–Crippen MR) is 110 cm³/mol. The van der Waals surface area contributed by atoms with Crippen LogP contribution in [0, 0.1) is 5.92 Å². The fourth-order valence-electron chi connectivity index (χ4n) is 2.77. The number of aliphatic hydroxyl groups is 1. The van der Waals surface area contributed by atoms with Gasteiger partial charge in [-0.2, -0.15) is 0 Å². The molecule has 0 saturated carbocycles. The summed E-state index contributed by atoms with van der Waals surface area (Å²) in [6.07, 6.45) is 2.86. The average molecular weight is 399 g/mol. The molecule has 0 heterocycles. The maximum absolute atomic E-state index is 12.5. The second-order valence-corrected chi connectivity index (χ2v) is 8.76. The van der Waals surface area contributed by atoms with Gasteiger partial charge in [-0.1, -0.05) is 31.5 Å². The van der Waals surface area contributed by atoms with E-state index in [1.165, 1.54) is 18.4 Å². The second kappa shape index (κ2) is 11.9. The molecule has 0 spiro atoms. The van der Waals surface area contributed by atoms with Gasteiger partial charge in [-0.3, -0.25) is 0 Å². The highest BCUT2D eigenvalue weighted by molar-refractivity contribution is 7.89. The Labute approximate surface area is 163 Å². The van der Waals surface area contributed by atoms with Gasteiger partial charge >= 0.3 is 0 Å². The lowest BCUT2D eigenvalue weighted by Crippen LogP contribution is -2.40. The molecule has 0 bridgehead atoms. The minimum Gasteiger partial charge on any atom is -0.396 e. The van der Waals surface area contributed by atoms with Gasteiger partial charge in [0.1, 0.15) is 0 Å². The van der Waals surface area contributed by atoms with Crippen LogP contribution in [0.3, 0.4) is 0 Å². The van der Waals surface area contributed by atoms with Gasteiger partial charge < -0.3 is 15.7 Å². The normalized spacial score (nSPS) is 13.6. The van der Waals surface area contributed by atoms with Crippen LogP contribution in [0.5, 0.6) is 0 Å². The van der Waals surface area contributed by atoms with Crippen molar-refractivity contribution in [1.29, 1.82) is 0 Å². The monoisotopic (exact) mass is 398 g/mol. The Morgan fingerprint density at radius 2 is 1.89 bits per heavy atom. The Bertz CT molecular complexity index is 684. The van der Waals surface area contributed by atoms with Crippen LogP contribution >= 0.6 is 0 Å².